The Bertz CT molecular complexity index is 1270. The lowest BCUT2D eigenvalue weighted by Crippen LogP contribution is -2.26. The SMILES string of the molecule is O=C(NCCC#Cc1cccc(C2(C(=O)O)CC2)c1)OCC1c2ccccc2-c2ccccc21. The van der Waals surface area contributed by atoms with Crippen molar-refractivity contribution >= 4 is 12.1 Å². The highest BCUT2D eigenvalue weighted by Gasteiger charge is 2.51. The van der Waals surface area contributed by atoms with Crippen molar-refractivity contribution in [1.82, 2.24) is 5.32 Å². The second kappa shape index (κ2) is 9.07. The van der Waals surface area contributed by atoms with Gasteiger partial charge in [0.05, 0.1) is 5.41 Å². The summed E-state index contributed by atoms with van der Waals surface area (Å²) in [6.07, 6.45) is 1.35. The van der Waals surface area contributed by atoms with Gasteiger partial charge in [-0.2, -0.15) is 0 Å². The Morgan fingerprint density at radius 2 is 1.65 bits per heavy atom. The van der Waals surface area contributed by atoms with Crippen molar-refractivity contribution in [3.05, 3.63) is 95.1 Å². The highest BCUT2D eigenvalue weighted by molar-refractivity contribution is 5.85. The molecule has 0 spiro atoms. The lowest BCUT2D eigenvalue weighted by atomic mass is 9.94. The van der Waals surface area contributed by atoms with E-state index >= 15 is 0 Å². The molecule has 2 N–H and O–H groups in total. The van der Waals surface area contributed by atoms with E-state index in [1.165, 1.54) is 22.3 Å². The number of benzene rings is 3. The minimum atomic E-state index is -0.773. The van der Waals surface area contributed by atoms with Gasteiger partial charge in [0.15, 0.2) is 0 Å². The van der Waals surface area contributed by atoms with Gasteiger partial charge in [-0.3, -0.25) is 4.79 Å². The molecule has 170 valence electrons. The maximum atomic E-state index is 12.2. The second-order valence-electron chi connectivity index (χ2n) is 8.77. The number of fused-ring (bicyclic) bond motifs is 3. The molecular weight excluding hydrogens is 426 g/mol. The fraction of sp³-hybridized carbons (Fsp3) is 0.241. The minimum Gasteiger partial charge on any atom is -0.481 e. The first-order valence-electron chi connectivity index (χ1n) is 11.5. The van der Waals surface area contributed by atoms with Crippen LogP contribution in [0.4, 0.5) is 4.79 Å². The van der Waals surface area contributed by atoms with Crippen LogP contribution in [0, 0.1) is 11.8 Å². The molecule has 2 aliphatic rings. The molecule has 0 saturated heterocycles. The van der Waals surface area contributed by atoms with Crippen molar-refractivity contribution in [3.8, 4) is 23.0 Å². The van der Waals surface area contributed by atoms with Gasteiger partial charge >= 0.3 is 12.1 Å². The Labute approximate surface area is 198 Å². The van der Waals surface area contributed by atoms with Crippen molar-refractivity contribution in [2.45, 2.75) is 30.6 Å². The Morgan fingerprint density at radius 1 is 0.971 bits per heavy atom. The van der Waals surface area contributed by atoms with Gasteiger partial charge in [-0.05, 0) is 52.8 Å². The van der Waals surface area contributed by atoms with Gasteiger partial charge < -0.3 is 15.2 Å². The summed E-state index contributed by atoms with van der Waals surface area (Å²) in [7, 11) is 0. The summed E-state index contributed by atoms with van der Waals surface area (Å²) >= 11 is 0. The molecule has 3 aromatic carbocycles. The predicted molar refractivity (Wildman–Crippen MR) is 130 cm³/mol. The van der Waals surface area contributed by atoms with Gasteiger partial charge in [-0.1, -0.05) is 72.5 Å². The van der Waals surface area contributed by atoms with Crippen LogP contribution in [0.25, 0.3) is 11.1 Å². The number of hydrogen-bond acceptors (Lipinski definition) is 3. The van der Waals surface area contributed by atoms with Crippen LogP contribution < -0.4 is 5.32 Å². The largest absolute Gasteiger partial charge is 0.481 e. The van der Waals surface area contributed by atoms with E-state index in [0.717, 1.165) is 11.1 Å². The summed E-state index contributed by atoms with van der Waals surface area (Å²) < 4.78 is 5.53. The highest BCUT2D eigenvalue weighted by atomic mass is 16.5. The third-order valence-electron chi connectivity index (χ3n) is 6.67. The molecule has 0 bridgehead atoms. The number of alkyl carbamates (subject to hydrolysis) is 1. The molecule has 1 saturated carbocycles. The Balaban J connectivity index is 1.12. The van der Waals surface area contributed by atoms with E-state index in [9.17, 15) is 14.7 Å². The molecule has 5 rings (SSSR count). The van der Waals surface area contributed by atoms with Crippen LogP contribution in [-0.2, 0) is 14.9 Å². The third-order valence-corrected chi connectivity index (χ3v) is 6.67. The average molecular weight is 452 g/mol. The summed E-state index contributed by atoms with van der Waals surface area (Å²) in [6.45, 7) is 0.659. The first-order valence-corrected chi connectivity index (χ1v) is 11.5. The average Bonchev–Trinajstić information content (AvgIpc) is 3.62. The monoisotopic (exact) mass is 451 g/mol. The van der Waals surface area contributed by atoms with Crippen LogP contribution in [0.5, 0.6) is 0 Å². The molecule has 0 heterocycles. The van der Waals surface area contributed by atoms with Crippen LogP contribution in [0.1, 0.15) is 47.4 Å². The molecule has 1 amide bonds. The second-order valence-corrected chi connectivity index (χ2v) is 8.77. The molecule has 1 fully saturated rings. The number of ether oxygens (including phenoxy) is 1. The number of amides is 1. The third kappa shape index (κ3) is 4.15. The van der Waals surface area contributed by atoms with Crippen molar-refractivity contribution in [1.29, 1.82) is 0 Å². The molecule has 2 aliphatic carbocycles. The number of carbonyl (C=O) groups excluding carboxylic acids is 1. The lowest BCUT2D eigenvalue weighted by Gasteiger charge is -2.14. The topological polar surface area (TPSA) is 75.6 Å². The summed E-state index contributed by atoms with van der Waals surface area (Å²) in [5.41, 5.74) is 5.61. The summed E-state index contributed by atoms with van der Waals surface area (Å²) in [6, 6.07) is 23.9. The van der Waals surface area contributed by atoms with Crippen molar-refractivity contribution in [2.75, 3.05) is 13.2 Å². The fourth-order valence-electron chi connectivity index (χ4n) is 4.69. The van der Waals surface area contributed by atoms with Gasteiger partial charge in [-0.15, -0.1) is 0 Å². The predicted octanol–water partition coefficient (Wildman–Crippen LogP) is 5.08. The van der Waals surface area contributed by atoms with Crippen LogP contribution in [0.2, 0.25) is 0 Å². The quantitative estimate of drug-likeness (QED) is 0.405. The number of carbonyl (C=O) groups is 2. The van der Waals surface area contributed by atoms with E-state index in [2.05, 4.69) is 41.4 Å². The zero-order valence-electron chi connectivity index (χ0n) is 18.7. The van der Waals surface area contributed by atoms with Crippen molar-refractivity contribution in [3.63, 3.8) is 0 Å². The normalized spacial score (nSPS) is 14.8. The number of carboxylic acid groups (broad SMARTS) is 1. The number of aliphatic carboxylic acids is 1. The van der Waals surface area contributed by atoms with E-state index in [1.807, 2.05) is 48.5 Å². The zero-order chi connectivity index (χ0) is 23.5. The van der Waals surface area contributed by atoms with Gasteiger partial charge in [0, 0.05) is 24.4 Å². The molecule has 3 aromatic rings. The van der Waals surface area contributed by atoms with Crippen LogP contribution in [0.15, 0.2) is 72.8 Å². The number of hydrogen-bond donors (Lipinski definition) is 2. The zero-order valence-corrected chi connectivity index (χ0v) is 18.7. The Kier molecular flexibility index (Phi) is 5.81. The smallest absolute Gasteiger partial charge is 0.407 e. The fourth-order valence-corrected chi connectivity index (χ4v) is 4.69. The number of carboxylic acids is 1. The maximum absolute atomic E-state index is 12.2. The van der Waals surface area contributed by atoms with E-state index in [-0.39, 0.29) is 12.5 Å². The van der Waals surface area contributed by atoms with Gasteiger partial charge in [0.1, 0.15) is 6.61 Å². The molecule has 0 atom stereocenters. The Morgan fingerprint density at radius 3 is 2.29 bits per heavy atom. The molecule has 34 heavy (non-hydrogen) atoms. The summed E-state index contributed by atoms with van der Waals surface area (Å²) in [5.74, 6) is 5.36. The molecule has 0 aliphatic heterocycles. The van der Waals surface area contributed by atoms with Crippen molar-refractivity contribution < 1.29 is 19.4 Å². The standard InChI is InChI=1S/C29H25NO4/c31-27(32)29(15-16-29)21-10-7-9-20(18-21)8-5-6-17-30-28(33)34-19-26-24-13-3-1-11-22(24)23-12-2-4-14-25(23)26/h1-4,7,9-14,18,26H,6,15-17,19H2,(H,30,33)(H,31,32). The van der Waals surface area contributed by atoms with Crippen molar-refractivity contribution in [2.24, 2.45) is 0 Å². The van der Waals surface area contributed by atoms with Crippen LogP contribution in [-0.4, -0.2) is 30.3 Å². The molecule has 0 unspecified atom stereocenters. The van der Waals surface area contributed by atoms with Gasteiger partial charge in [0.25, 0.3) is 0 Å². The maximum Gasteiger partial charge on any atom is 0.407 e. The van der Waals surface area contributed by atoms with Gasteiger partial charge in [0.2, 0.25) is 0 Å². The molecule has 0 aromatic heterocycles. The highest BCUT2D eigenvalue weighted by Crippen LogP contribution is 2.48. The van der Waals surface area contributed by atoms with Crippen LogP contribution >= 0.6 is 0 Å². The van der Waals surface area contributed by atoms with E-state index in [4.69, 9.17) is 4.74 Å². The number of rotatable bonds is 6. The van der Waals surface area contributed by atoms with E-state index in [1.54, 1.807) is 0 Å². The molecule has 5 nitrogen and oxygen atoms in total. The first kappa shape index (κ1) is 21.8. The Hall–Kier alpha value is -4.04. The molecular formula is C29H25NO4. The minimum absolute atomic E-state index is 0.0331. The van der Waals surface area contributed by atoms with Gasteiger partial charge in [-0.25, -0.2) is 4.79 Å². The van der Waals surface area contributed by atoms with E-state index in [0.29, 0.717) is 25.8 Å². The first-order chi connectivity index (χ1) is 16.6. The lowest BCUT2D eigenvalue weighted by molar-refractivity contribution is -0.140. The number of nitrogens with one attached hydrogen (secondary N) is 1. The summed E-state index contributed by atoms with van der Waals surface area (Å²) in [4.78, 5) is 23.8. The van der Waals surface area contributed by atoms with Crippen LogP contribution in [0.3, 0.4) is 0 Å². The summed E-state index contributed by atoms with van der Waals surface area (Å²) in [5, 5.41) is 12.2. The molecule has 0 radical (unpaired) electrons. The molecule has 5 heteroatoms. The van der Waals surface area contributed by atoms with E-state index < -0.39 is 17.5 Å².